The molecule has 0 N–H and O–H groups in total. The van der Waals surface area contributed by atoms with Gasteiger partial charge in [-0.2, -0.15) is 5.26 Å². The molecule has 5 nitrogen and oxygen atoms in total. The van der Waals surface area contributed by atoms with Gasteiger partial charge in [0.1, 0.15) is 6.10 Å². The smallest absolute Gasteiger partial charge is 0.269 e. The minimum absolute atomic E-state index is 0.0444. The van der Waals surface area contributed by atoms with Crippen molar-refractivity contribution in [3.8, 4) is 6.07 Å². The summed E-state index contributed by atoms with van der Waals surface area (Å²) in [7, 11) is 0. The number of nitro benzene ring substituents is 1. The molecule has 0 saturated carbocycles. The first-order valence-electron chi connectivity index (χ1n) is 4.02. The molecular formula is C9H6N2O3. The van der Waals surface area contributed by atoms with Crippen molar-refractivity contribution in [2.45, 2.75) is 12.2 Å². The molecule has 1 aliphatic heterocycles. The largest absolute Gasteiger partial charge is 0.348 e. The lowest BCUT2D eigenvalue weighted by molar-refractivity contribution is -0.384. The summed E-state index contributed by atoms with van der Waals surface area (Å²) in [6.45, 7) is 0. The molecule has 2 atom stereocenters. The molecule has 14 heavy (non-hydrogen) atoms. The summed E-state index contributed by atoms with van der Waals surface area (Å²) in [4.78, 5) is 9.88. The predicted octanol–water partition coefficient (Wildman–Crippen LogP) is 1.56. The summed E-state index contributed by atoms with van der Waals surface area (Å²) >= 11 is 0. The van der Waals surface area contributed by atoms with Gasteiger partial charge < -0.3 is 4.74 Å². The molecule has 5 heteroatoms. The van der Waals surface area contributed by atoms with Gasteiger partial charge in [0.15, 0.2) is 6.10 Å². The number of nitro groups is 1. The van der Waals surface area contributed by atoms with Crippen LogP contribution in [0.2, 0.25) is 0 Å². The summed E-state index contributed by atoms with van der Waals surface area (Å²) in [5, 5.41) is 18.8. The molecule has 2 rings (SSSR count). The fourth-order valence-electron chi connectivity index (χ4n) is 1.25. The lowest BCUT2D eigenvalue weighted by Gasteiger charge is -1.93. The maximum absolute atomic E-state index is 10.3. The van der Waals surface area contributed by atoms with Crippen molar-refractivity contribution in [2.75, 3.05) is 0 Å². The number of benzene rings is 1. The zero-order chi connectivity index (χ0) is 10.1. The van der Waals surface area contributed by atoms with Gasteiger partial charge in [-0.25, -0.2) is 0 Å². The first-order valence-corrected chi connectivity index (χ1v) is 4.02. The highest BCUT2D eigenvalue weighted by molar-refractivity contribution is 5.36. The minimum atomic E-state index is -0.459. The molecule has 0 unspecified atom stereocenters. The van der Waals surface area contributed by atoms with Crippen LogP contribution in [-0.2, 0) is 4.74 Å². The Labute approximate surface area is 79.7 Å². The summed E-state index contributed by atoms with van der Waals surface area (Å²) in [6.07, 6.45) is -0.600. The molecule has 1 fully saturated rings. The van der Waals surface area contributed by atoms with Crippen molar-refractivity contribution in [1.82, 2.24) is 0 Å². The first-order chi connectivity index (χ1) is 6.72. The van der Waals surface area contributed by atoms with E-state index in [1.165, 1.54) is 12.1 Å². The maximum atomic E-state index is 10.3. The van der Waals surface area contributed by atoms with Crippen LogP contribution in [0.25, 0.3) is 0 Å². The molecule has 0 bridgehead atoms. The Morgan fingerprint density at radius 1 is 1.43 bits per heavy atom. The molecule has 0 spiro atoms. The molecule has 1 heterocycles. The fourth-order valence-corrected chi connectivity index (χ4v) is 1.25. The van der Waals surface area contributed by atoms with E-state index in [1.807, 2.05) is 6.07 Å². The average Bonchev–Trinajstić information content (AvgIpc) is 2.97. The van der Waals surface area contributed by atoms with Gasteiger partial charge in [-0.3, -0.25) is 10.1 Å². The summed E-state index contributed by atoms with van der Waals surface area (Å²) in [5.74, 6) is 0. The van der Waals surface area contributed by atoms with Gasteiger partial charge in [0, 0.05) is 12.1 Å². The Balaban J connectivity index is 2.16. The molecule has 1 aromatic carbocycles. The lowest BCUT2D eigenvalue weighted by Crippen LogP contribution is -1.89. The van der Waals surface area contributed by atoms with E-state index in [4.69, 9.17) is 10.00 Å². The van der Waals surface area contributed by atoms with Crippen molar-refractivity contribution in [1.29, 1.82) is 5.26 Å². The van der Waals surface area contributed by atoms with Crippen molar-refractivity contribution in [2.24, 2.45) is 0 Å². The van der Waals surface area contributed by atoms with Gasteiger partial charge in [0.05, 0.1) is 11.0 Å². The van der Waals surface area contributed by atoms with Crippen LogP contribution in [0.15, 0.2) is 24.3 Å². The zero-order valence-electron chi connectivity index (χ0n) is 7.08. The molecule has 70 valence electrons. The number of nitriles is 1. The van der Waals surface area contributed by atoms with Crippen molar-refractivity contribution in [3.05, 3.63) is 39.9 Å². The molecule has 1 saturated heterocycles. The van der Waals surface area contributed by atoms with E-state index in [-0.39, 0.29) is 11.8 Å². The van der Waals surface area contributed by atoms with Gasteiger partial charge in [-0.15, -0.1) is 0 Å². The fraction of sp³-hybridized carbons (Fsp3) is 0.222. The van der Waals surface area contributed by atoms with E-state index in [2.05, 4.69) is 0 Å². The Bertz CT molecular complexity index is 407. The Morgan fingerprint density at radius 2 is 2.07 bits per heavy atom. The van der Waals surface area contributed by atoms with E-state index in [1.54, 1.807) is 12.1 Å². The number of hydrogen-bond acceptors (Lipinski definition) is 4. The third-order valence-electron chi connectivity index (χ3n) is 2.05. The van der Waals surface area contributed by atoms with Crippen LogP contribution in [0.5, 0.6) is 0 Å². The summed E-state index contributed by atoms with van der Waals surface area (Å²) in [5.41, 5.74) is 0.852. The topological polar surface area (TPSA) is 79.5 Å². The molecule has 0 aliphatic carbocycles. The predicted molar refractivity (Wildman–Crippen MR) is 46.3 cm³/mol. The number of rotatable bonds is 2. The third-order valence-corrected chi connectivity index (χ3v) is 2.05. The monoisotopic (exact) mass is 190 g/mol. The molecule has 0 amide bonds. The number of non-ortho nitro benzene ring substituents is 1. The second-order valence-corrected chi connectivity index (χ2v) is 2.96. The second-order valence-electron chi connectivity index (χ2n) is 2.96. The Hall–Kier alpha value is -1.93. The molecule has 0 radical (unpaired) electrons. The number of epoxide rings is 1. The molecule has 0 aromatic heterocycles. The zero-order valence-corrected chi connectivity index (χ0v) is 7.08. The van der Waals surface area contributed by atoms with E-state index < -0.39 is 11.0 Å². The normalized spacial score (nSPS) is 23.9. The highest BCUT2D eigenvalue weighted by Gasteiger charge is 2.40. The minimum Gasteiger partial charge on any atom is -0.348 e. The highest BCUT2D eigenvalue weighted by Crippen LogP contribution is 2.38. The Kier molecular flexibility index (Phi) is 1.91. The molecule has 1 aromatic rings. The van der Waals surface area contributed by atoms with Crippen LogP contribution in [0.4, 0.5) is 5.69 Å². The molecule has 1 aliphatic rings. The third kappa shape index (κ3) is 1.43. The van der Waals surface area contributed by atoms with Crippen molar-refractivity contribution in [3.63, 3.8) is 0 Å². The lowest BCUT2D eigenvalue weighted by atomic mass is 10.1. The second kappa shape index (κ2) is 3.09. The standard InChI is InChI=1S/C9H6N2O3/c10-5-8-9(14-8)6-1-3-7(4-2-6)11(12)13/h1-4,8-9H/t8-,9+/m0/s1. The van der Waals surface area contributed by atoms with Gasteiger partial charge in [0.2, 0.25) is 0 Å². The summed E-state index contributed by atoms with van der Waals surface area (Å²) < 4.78 is 5.02. The van der Waals surface area contributed by atoms with Crippen LogP contribution in [-0.4, -0.2) is 11.0 Å². The van der Waals surface area contributed by atoms with Crippen molar-refractivity contribution >= 4 is 5.69 Å². The van der Waals surface area contributed by atoms with Crippen LogP contribution < -0.4 is 0 Å². The van der Waals surface area contributed by atoms with E-state index >= 15 is 0 Å². The van der Waals surface area contributed by atoms with Crippen LogP contribution in [0.3, 0.4) is 0 Å². The van der Waals surface area contributed by atoms with Crippen LogP contribution in [0.1, 0.15) is 11.7 Å². The Morgan fingerprint density at radius 3 is 2.50 bits per heavy atom. The van der Waals surface area contributed by atoms with Gasteiger partial charge >= 0.3 is 0 Å². The number of ether oxygens (including phenoxy) is 1. The average molecular weight is 190 g/mol. The van der Waals surface area contributed by atoms with Crippen LogP contribution in [0, 0.1) is 21.4 Å². The highest BCUT2D eigenvalue weighted by atomic mass is 16.6. The first kappa shape index (κ1) is 8.66. The van der Waals surface area contributed by atoms with Gasteiger partial charge in [0.25, 0.3) is 5.69 Å². The number of nitrogens with zero attached hydrogens (tertiary/aromatic N) is 2. The van der Waals surface area contributed by atoms with Gasteiger partial charge in [-0.05, 0) is 17.7 Å². The maximum Gasteiger partial charge on any atom is 0.269 e. The quantitative estimate of drug-likeness (QED) is 0.402. The van der Waals surface area contributed by atoms with E-state index in [9.17, 15) is 10.1 Å². The molecular weight excluding hydrogens is 184 g/mol. The SMILES string of the molecule is N#C[C@@H]1O[C@@H]1c1ccc([N+](=O)[O-])cc1. The number of hydrogen-bond donors (Lipinski definition) is 0. The summed E-state index contributed by atoms with van der Waals surface area (Å²) in [6, 6.07) is 8.01. The van der Waals surface area contributed by atoms with Gasteiger partial charge in [-0.1, -0.05) is 0 Å². The van der Waals surface area contributed by atoms with Crippen molar-refractivity contribution < 1.29 is 9.66 Å². The van der Waals surface area contributed by atoms with E-state index in [0.29, 0.717) is 0 Å². The van der Waals surface area contributed by atoms with E-state index in [0.717, 1.165) is 5.56 Å². The van der Waals surface area contributed by atoms with Crippen LogP contribution >= 0.6 is 0 Å².